The van der Waals surface area contributed by atoms with E-state index in [9.17, 15) is 9.59 Å². The Morgan fingerprint density at radius 1 is 1.38 bits per heavy atom. The van der Waals surface area contributed by atoms with Gasteiger partial charge in [0.25, 0.3) is 0 Å². The Morgan fingerprint density at radius 3 is 2.19 bits per heavy atom. The van der Waals surface area contributed by atoms with Crippen LogP contribution in [-0.4, -0.2) is 41.3 Å². The molecule has 0 saturated carbocycles. The highest BCUT2D eigenvalue weighted by atomic mass is 16.4. The molecule has 0 saturated heterocycles. The lowest BCUT2D eigenvalue weighted by atomic mass is 9.93. The van der Waals surface area contributed by atoms with Gasteiger partial charge in [0.1, 0.15) is 5.92 Å². The monoisotopic (exact) mass is 230 g/mol. The van der Waals surface area contributed by atoms with Crippen molar-refractivity contribution in [2.45, 2.75) is 13.8 Å². The Bertz CT molecular complexity index is 301. The average Bonchev–Trinajstić information content (AvgIpc) is 2.15. The molecular formula is C9H18N4O3. The van der Waals surface area contributed by atoms with Crippen LogP contribution in [0, 0.1) is 11.8 Å². The Hall–Kier alpha value is -1.79. The fourth-order valence-corrected chi connectivity index (χ4v) is 1.36. The van der Waals surface area contributed by atoms with Crippen LogP contribution in [0.2, 0.25) is 0 Å². The van der Waals surface area contributed by atoms with Crippen molar-refractivity contribution in [2.24, 2.45) is 28.5 Å². The van der Waals surface area contributed by atoms with E-state index in [0.29, 0.717) is 0 Å². The largest absolute Gasteiger partial charge is 0.409 e. The van der Waals surface area contributed by atoms with Gasteiger partial charge < -0.3 is 21.6 Å². The smallest absolute Gasteiger partial charge is 0.237 e. The maximum atomic E-state index is 11.9. The summed E-state index contributed by atoms with van der Waals surface area (Å²) in [5.74, 6) is -2.08. The number of oxime groups is 1. The number of primary amides is 1. The van der Waals surface area contributed by atoms with E-state index in [1.807, 2.05) is 0 Å². The number of carbonyl (C=O) groups is 2. The molecule has 5 N–H and O–H groups in total. The third-order valence-corrected chi connectivity index (χ3v) is 2.14. The second kappa shape index (κ2) is 5.94. The SMILES string of the molecule is CC(C)C(C(=O)N(C)CC(N)=O)C(N)=NO. The Labute approximate surface area is 94.1 Å². The van der Waals surface area contributed by atoms with Gasteiger partial charge in [-0.05, 0) is 5.92 Å². The molecule has 92 valence electrons. The van der Waals surface area contributed by atoms with Crippen molar-refractivity contribution in [1.29, 1.82) is 0 Å². The Kier molecular flexibility index (Phi) is 5.27. The van der Waals surface area contributed by atoms with Gasteiger partial charge in [-0.3, -0.25) is 9.59 Å². The summed E-state index contributed by atoms with van der Waals surface area (Å²) < 4.78 is 0. The lowest BCUT2D eigenvalue weighted by Crippen LogP contribution is -2.45. The van der Waals surface area contributed by atoms with E-state index < -0.39 is 17.7 Å². The first-order valence-corrected chi connectivity index (χ1v) is 4.82. The van der Waals surface area contributed by atoms with Gasteiger partial charge in [-0.1, -0.05) is 19.0 Å². The van der Waals surface area contributed by atoms with E-state index in [0.717, 1.165) is 4.90 Å². The van der Waals surface area contributed by atoms with E-state index in [1.165, 1.54) is 7.05 Å². The summed E-state index contributed by atoms with van der Waals surface area (Å²) in [6, 6.07) is 0. The van der Waals surface area contributed by atoms with Gasteiger partial charge in [-0.2, -0.15) is 0 Å². The molecule has 0 aliphatic heterocycles. The van der Waals surface area contributed by atoms with Crippen molar-refractivity contribution >= 4 is 17.6 Å². The molecule has 0 aromatic rings. The van der Waals surface area contributed by atoms with Crippen molar-refractivity contribution < 1.29 is 14.8 Å². The third-order valence-electron chi connectivity index (χ3n) is 2.14. The van der Waals surface area contributed by atoms with Gasteiger partial charge in [-0.25, -0.2) is 0 Å². The van der Waals surface area contributed by atoms with Gasteiger partial charge in [0.05, 0.1) is 6.54 Å². The van der Waals surface area contributed by atoms with Crippen molar-refractivity contribution in [3.63, 3.8) is 0 Å². The molecule has 1 unspecified atom stereocenters. The quantitative estimate of drug-likeness (QED) is 0.241. The van der Waals surface area contributed by atoms with Crippen molar-refractivity contribution in [3.8, 4) is 0 Å². The number of nitrogens with zero attached hydrogens (tertiary/aromatic N) is 2. The molecular weight excluding hydrogens is 212 g/mol. The molecule has 0 rings (SSSR count). The van der Waals surface area contributed by atoms with E-state index in [2.05, 4.69) is 5.16 Å². The molecule has 0 aliphatic rings. The summed E-state index contributed by atoms with van der Waals surface area (Å²) in [5.41, 5.74) is 10.4. The normalized spacial score (nSPS) is 13.6. The number of hydrogen-bond donors (Lipinski definition) is 3. The second-order valence-electron chi connectivity index (χ2n) is 3.91. The minimum atomic E-state index is -0.755. The van der Waals surface area contributed by atoms with Crippen LogP contribution in [0.5, 0.6) is 0 Å². The van der Waals surface area contributed by atoms with Gasteiger partial charge in [0.2, 0.25) is 11.8 Å². The maximum absolute atomic E-state index is 11.9. The first-order chi connectivity index (χ1) is 7.31. The van der Waals surface area contributed by atoms with Gasteiger partial charge in [0, 0.05) is 7.05 Å². The highest BCUT2D eigenvalue weighted by Gasteiger charge is 2.29. The molecule has 16 heavy (non-hydrogen) atoms. The van der Waals surface area contributed by atoms with Crippen LogP contribution >= 0.6 is 0 Å². The summed E-state index contributed by atoms with van der Waals surface area (Å²) in [6.45, 7) is 3.33. The maximum Gasteiger partial charge on any atom is 0.237 e. The highest BCUT2D eigenvalue weighted by molar-refractivity contribution is 6.03. The van der Waals surface area contributed by atoms with Crippen LogP contribution in [0.3, 0.4) is 0 Å². The number of carbonyl (C=O) groups excluding carboxylic acids is 2. The fraction of sp³-hybridized carbons (Fsp3) is 0.667. The van der Waals surface area contributed by atoms with Crippen molar-refractivity contribution in [2.75, 3.05) is 13.6 Å². The summed E-state index contributed by atoms with van der Waals surface area (Å²) in [6.07, 6.45) is 0. The minimum Gasteiger partial charge on any atom is -0.409 e. The molecule has 0 heterocycles. The lowest BCUT2D eigenvalue weighted by Gasteiger charge is -2.24. The first kappa shape index (κ1) is 14.2. The Balaban J connectivity index is 4.82. The summed E-state index contributed by atoms with van der Waals surface area (Å²) >= 11 is 0. The van der Waals surface area contributed by atoms with Crippen molar-refractivity contribution in [1.82, 2.24) is 4.90 Å². The molecule has 0 spiro atoms. The Morgan fingerprint density at radius 2 is 1.88 bits per heavy atom. The predicted octanol–water partition coefficient (Wildman–Crippen LogP) is -1.05. The summed E-state index contributed by atoms with van der Waals surface area (Å²) in [4.78, 5) is 23.7. The van der Waals surface area contributed by atoms with Gasteiger partial charge in [0.15, 0.2) is 5.84 Å². The van der Waals surface area contributed by atoms with Gasteiger partial charge in [-0.15, -0.1) is 0 Å². The fourth-order valence-electron chi connectivity index (χ4n) is 1.36. The molecule has 0 aromatic carbocycles. The standard InChI is InChI=1S/C9H18N4O3/c1-5(2)7(8(11)12-16)9(15)13(3)4-6(10)14/h5,7,16H,4H2,1-3H3,(H2,10,14)(H2,11,12). The number of nitrogens with two attached hydrogens (primary N) is 2. The zero-order valence-corrected chi connectivity index (χ0v) is 9.67. The average molecular weight is 230 g/mol. The van der Waals surface area contributed by atoms with Crippen LogP contribution in [0.1, 0.15) is 13.8 Å². The van der Waals surface area contributed by atoms with Crippen LogP contribution in [0.15, 0.2) is 5.16 Å². The third kappa shape index (κ3) is 3.76. The molecule has 0 fully saturated rings. The number of likely N-dealkylation sites (N-methyl/N-ethyl adjacent to an activating group) is 1. The van der Waals surface area contributed by atoms with Crippen LogP contribution in [-0.2, 0) is 9.59 Å². The number of hydrogen-bond acceptors (Lipinski definition) is 4. The van der Waals surface area contributed by atoms with Crippen LogP contribution in [0.25, 0.3) is 0 Å². The van der Waals surface area contributed by atoms with E-state index in [4.69, 9.17) is 16.7 Å². The molecule has 7 nitrogen and oxygen atoms in total. The predicted molar refractivity (Wildman–Crippen MR) is 58.6 cm³/mol. The molecule has 1 atom stereocenters. The molecule has 0 radical (unpaired) electrons. The second-order valence-corrected chi connectivity index (χ2v) is 3.91. The van der Waals surface area contributed by atoms with E-state index in [1.54, 1.807) is 13.8 Å². The first-order valence-electron chi connectivity index (χ1n) is 4.82. The summed E-state index contributed by atoms with van der Waals surface area (Å²) in [7, 11) is 1.44. The van der Waals surface area contributed by atoms with Gasteiger partial charge >= 0.3 is 0 Å². The number of amidine groups is 1. The van der Waals surface area contributed by atoms with Crippen molar-refractivity contribution in [3.05, 3.63) is 0 Å². The zero-order chi connectivity index (χ0) is 12.9. The topological polar surface area (TPSA) is 122 Å². The lowest BCUT2D eigenvalue weighted by molar-refractivity contribution is -0.136. The van der Waals surface area contributed by atoms with E-state index >= 15 is 0 Å². The molecule has 7 heteroatoms. The summed E-state index contributed by atoms with van der Waals surface area (Å²) in [5, 5.41) is 11.4. The highest BCUT2D eigenvalue weighted by Crippen LogP contribution is 2.13. The number of rotatable bonds is 5. The van der Waals surface area contributed by atoms with Crippen LogP contribution in [0.4, 0.5) is 0 Å². The number of amides is 2. The zero-order valence-electron chi connectivity index (χ0n) is 9.67. The van der Waals surface area contributed by atoms with E-state index in [-0.39, 0.29) is 18.3 Å². The molecule has 2 amide bonds. The van der Waals surface area contributed by atoms with Crippen LogP contribution < -0.4 is 11.5 Å². The molecule has 0 aromatic heterocycles. The molecule has 0 aliphatic carbocycles. The molecule has 0 bridgehead atoms. The minimum absolute atomic E-state index is 0.140.